The maximum Gasteiger partial charge on any atom is 0.181 e. The number of alkyl halides is 1. The van der Waals surface area contributed by atoms with Crippen molar-refractivity contribution in [1.82, 2.24) is 0 Å². The molecule has 2 rings (SSSR count). The third kappa shape index (κ3) is 2.77. The summed E-state index contributed by atoms with van der Waals surface area (Å²) in [5.74, 6) is -0.619. The van der Waals surface area contributed by atoms with E-state index in [1.807, 2.05) is 0 Å². The first-order valence-corrected chi connectivity index (χ1v) is 8.80. The highest BCUT2D eigenvalue weighted by Gasteiger charge is 2.38. The molecule has 0 unspecified atom stereocenters. The average molecular weight is 335 g/mol. The molecule has 0 radical (unpaired) electrons. The smallest absolute Gasteiger partial charge is 0.181 e. The number of halogens is 2. The van der Waals surface area contributed by atoms with Crippen LogP contribution in [0.1, 0.15) is 25.7 Å². The number of hydrogen-bond acceptors (Lipinski definition) is 2. The Balaban J connectivity index is 2.30. The highest BCUT2D eigenvalue weighted by atomic mass is 79.9. The zero-order valence-corrected chi connectivity index (χ0v) is 12.4. The topological polar surface area (TPSA) is 34.1 Å². The minimum atomic E-state index is -3.55. The first kappa shape index (κ1) is 14.0. The van der Waals surface area contributed by atoms with Crippen LogP contribution in [0.25, 0.3) is 0 Å². The lowest BCUT2D eigenvalue weighted by molar-refractivity contribution is 0.393. The SMILES string of the molecule is O=S(=O)(CC1(CBr)CCCC1)c1ccccc1F. The van der Waals surface area contributed by atoms with Crippen molar-refractivity contribution < 1.29 is 12.8 Å². The van der Waals surface area contributed by atoms with Gasteiger partial charge in [-0.15, -0.1) is 0 Å². The van der Waals surface area contributed by atoms with Gasteiger partial charge in [0.15, 0.2) is 9.84 Å². The van der Waals surface area contributed by atoms with Crippen LogP contribution in [0.3, 0.4) is 0 Å². The molecule has 1 aromatic rings. The Morgan fingerprint density at radius 1 is 1.22 bits per heavy atom. The lowest BCUT2D eigenvalue weighted by Crippen LogP contribution is -2.29. The van der Waals surface area contributed by atoms with Crippen molar-refractivity contribution in [1.29, 1.82) is 0 Å². The van der Waals surface area contributed by atoms with Gasteiger partial charge >= 0.3 is 0 Å². The van der Waals surface area contributed by atoms with Crippen molar-refractivity contribution >= 4 is 25.8 Å². The van der Waals surface area contributed by atoms with Gasteiger partial charge in [-0.1, -0.05) is 40.9 Å². The second-order valence-corrected chi connectivity index (χ2v) is 7.55. The van der Waals surface area contributed by atoms with Crippen LogP contribution in [-0.4, -0.2) is 19.5 Å². The third-order valence-corrected chi connectivity index (χ3v) is 6.80. The van der Waals surface area contributed by atoms with Crippen molar-refractivity contribution in [3.63, 3.8) is 0 Å². The lowest BCUT2D eigenvalue weighted by atomic mass is 9.92. The molecule has 0 saturated heterocycles. The Labute approximate surface area is 116 Å². The minimum absolute atomic E-state index is 0.0339. The van der Waals surface area contributed by atoms with Gasteiger partial charge in [-0.2, -0.15) is 0 Å². The summed E-state index contributed by atoms with van der Waals surface area (Å²) in [7, 11) is -3.55. The van der Waals surface area contributed by atoms with Crippen LogP contribution < -0.4 is 0 Å². The number of hydrogen-bond donors (Lipinski definition) is 0. The van der Waals surface area contributed by atoms with Crippen molar-refractivity contribution in [2.24, 2.45) is 5.41 Å². The summed E-state index contributed by atoms with van der Waals surface area (Å²) in [5, 5.41) is 0.660. The molecule has 0 amide bonds. The van der Waals surface area contributed by atoms with Gasteiger partial charge in [-0.05, 0) is 30.4 Å². The Morgan fingerprint density at radius 2 is 1.83 bits per heavy atom. The first-order valence-electron chi connectivity index (χ1n) is 6.02. The van der Waals surface area contributed by atoms with Crippen LogP contribution in [-0.2, 0) is 9.84 Å². The second-order valence-electron chi connectivity index (χ2n) is 5.03. The predicted molar refractivity (Wildman–Crippen MR) is 73.1 cm³/mol. The van der Waals surface area contributed by atoms with E-state index in [1.165, 1.54) is 18.2 Å². The number of sulfone groups is 1. The van der Waals surface area contributed by atoms with Crippen LogP contribution in [0.2, 0.25) is 0 Å². The summed E-state index contributed by atoms with van der Waals surface area (Å²) in [6, 6.07) is 5.61. The van der Waals surface area contributed by atoms with E-state index in [0.29, 0.717) is 5.33 Å². The fourth-order valence-electron chi connectivity index (χ4n) is 2.62. The summed E-state index contributed by atoms with van der Waals surface area (Å²) in [5.41, 5.74) is -0.221. The van der Waals surface area contributed by atoms with Crippen molar-refractivity contribution in [3.8, 4) is 0 Å². The van der Waals surface area contributed by atoms with Crippen LogP contribution in [0.15, 0.2) is 29.2 Å². The molecular weight excluding hydrogens is 319 g/mol. The molecule has 18 heavy (non-hydrogen) atoms. The maximum absolute atomic E-state index is 13.6. The molecule has 5 heteroatoms. The molecule has 100 valence electrons. The van der Waals surface area contributed by atoms with Crippen molar-refractivity contribution in [2.75, 3.05) is 11.1 Å². The Kier molecular flexibility index (Phi) is 4.11. The summed E-state index contributed by atoms with van der Waals surface area (Å²) in [4.78, 5) is -0.169. The van der Waals surface area contributed by atoms with Crippen molar-refractivity contribution in [3.05, 3.63) is 30.1 Å². The van der Waals surface area contributed by atoms with Gasteiger partial charge in [0.1, 0.15) is 10.7 Å². The number of benzene rings is 1. The molecule has 0 bridgehead atoms. The molecule has 1 fully saturated rings. The van der Waals surface area contributed by atoms with E-state index in [2.05, 4.69) is 15.9 Å². The van der Waals surface area contributed by atoms with Crippen molar-refractivity contribution in [2.45, 2.75) is 30.6 Å². The summed E-state index contributed by atoms with van der Waals surface area (Å²) < 4.78 is 38.2. The molecule has 0 spiro atoms. The molecule has 1 saturated carbocycles. The summed E-state index contributed by atoms with van der Waals surface area (Å²) in [6.07, 6.45) is 3.90. The van der Waals surface area contributed by atoms with Crippen LogP contribution in [0.4, 0.5) is 4.39 Å². The fraction of sp³-hybridized carbons (Fsp3) is 0.538. The van der Waals surface area contributed by atoms with Gasteiger partial charge in [0, 0.05) is 5.33 Å². The molecule has 1 aliphatic carbocycles. The van der Waals surface area contributed by atoms with E-state index in [4.69, 9.17) is 0 Å². The average Bonchev–Trinajstić information content (AvgIpc) is 2.78. The quantitative estimate of drug-likeness (QED) is 0.789. The monoisotopic (exact) mass is 334 g/mol. The van der Waals surface area contributed by atoms with Gasteiger partial charge in [-0.25, -0.2) is 12.8 Å². The molecule has 0 aromatic heterocycles. The van der Waals surface area contributed by atoms with Crippen LogP contribution in [0.5, 0.6) is 0 Å². The van der Waals surface area contributed by atoms with Gasteiger partial charge in [-0.3, -0.25) is 0 Å². The zero-order valence-electron chi connectivity index (χ0n) is 10.0. The first-order chi connectivity index (χ1) is 8.49. The molecule has 0 atom stereocenters. The molecule has 0 aliphatic heterocycles. The maximum atomic E-state index is 13.6. The Bertz CT molecular complexity index is 522. The molecule has 2 nitrogen and oxygen atoms in total. The van der Waals surface area contributed by atoms with E-state index < -0.39 is 15.7 Å². The van der Waals surface area contributed by atoms with E-state index in [0.717, 1.165) is 25.7 Å². The summed E-state index contributed by atoms with van der Waals surface area (Å²) in [6.45, 7) is 0. The van der Waals surface area contributed by atoms with E-state index >= 15 is 0 Å². The van der Waals surface area contributed by atoms with Crippen LogP contribution >= 0.6 is 15.9 Å². The molecular formula is C13H16BrFO2S. The largest absolute Gasteiger partial charge is 0.224 e. The second kappa shape index (κ2) is 5.29. The molecule has 0 heterocycles. The fourth-order valence-corrected chi connectivity index (χ4v) is 5.64. The Hall–Kier alpha value is -0.420. The Morgan fingerprint density at radius 3 is 2.39 bits per heavy atom. The standard InChI is InChI=1S/C13H16BrFO2S/c14-9-13(7-3-4-8-13)10-18(16,17)12-6-2-1-5-11(12)15/h1-2,5-6H,3-4,7-10H2. The van der Waals surface area contributed by atoms with Gasteiger partial charge in [0.25, 0.3) is 0 Å². The van der Waals surface area contributed by atoms with E-state index in [-0.39, 0.29) is 16.1 Å². The normalized spacial score (nSPS) is 19.0. The molecule has 1 aromatic carbocycles. The highest BCUT2D eigenvalue weighted by molar-refractivity contribution is 9.09. The van der Waals surface area contributed by atoms with Gasteiger partial charge < -0.3 is 0 Å². The highest BCUT2D eigenvalue weighted by Crippen LogP contribution is 2.41. The van der Waals surface area contributed by atoms with Gasteiger partial charge in [0.05, 0.1) is 5.75 Å². The zero-order chi connectivity index (χ0) is 13.2. The van der Waals surface area contributed by atoms with Gasteiger partial charge in [0.2, 0.25) is 0 Å². The lowest BCUT2D eigenvalue weighted by Gasteiger charge is -2.26. The van der Waals surface area contributed by atoms with E-state index in [9.17, 15) is 12.8 Å². The third-order valence-electron chi connectivity index (χ3n) is 3.62. The molecule has 0 N–H and O–H groups in total. The molecule has 1 aliphatic rings. The van der Waals surface area contributed by atoms with Crippen LogP contribution in [0, 0.1) is 11.2 Å². The number of rotatable bonds is 4. The minimum Gasteiger partial charge on any atom is -0.224 e. The van der Waals surface area contributed by atoms with E-state index in [1.54, 1.807) is 6.07 Å². The predicted octanol–water partition coefficient (Wildman–Crippen LogP) is 3.55. The summed E-state index contributed by atoms with van der Waals surface area (Å²) >= 11 is 3.42.